The summed E-state index contributed by atoms with van der Waals surface area (Å²) in [5.74, 6) is 0.361. The predicted molar refractivity (Wildman–Crippen MR) is 113 cm³/mol. The average Bonchev–Trinajstić information content (AvgIpc) is 3.26. The monoisotopic (exact) mass is 428 g/mol. The van der Waals surface area contributed by atoms with Crippen LogP contribution in [0.15, 0.2) is 64.7 Å². The van der Waals surface area contributed by atoms with Crippen LogP contribution in [-0.2, 0) is 11.0 Å². The first-order valence-corrected chi connectivity index (χ1v) is 9.96. The highest BCUT2D eigenvalue weighted by molar-refractivity contribution is 6.22. The summed E-state index contributed by atoms with van der Waals surface area (Å²) in [6.07, 6.45) is -4.44. The Morgan fingerprint density at radius 2 is 1.68 bits per heavy atom. The van der Waals surface area contributed by atoms with Gasteiger partial charge in [0.15, 0.2) is 0 Å². The first kappa shape index (κ1) is 21.2. The maximum atomic E-state index is 13.5. The molecule has 4 rings (SSSR count). The molecule has 0 aliphatic carbocycles. The fourth-order valence-corrected chi connectivity index (χ4v) is 4.25. The van der Waals surface area contributed by atoms with Crippen molar-refractivity contribution >= 4 is 17.3 Å². The van der Waals surface area contributed by atoms with E-state index in [0.29, 0.717) is 17.0 Å². The van der Waals surface area contributed by atoms with Crippen molar-refractivity contribution in [2.24, 2.45) is 10.4 Å². The molecule has 2 aromatic carbocycles. The van der Waals surface area contributed by atoms with E-state index in [1.807, 2.05) is 45.0 Å². The highest BCUT2D eigenvalue weighted by Crippen LogP contribution is 2.49. The molecule has 2 aromatic rings. The van der Waals surface area contributed by atoms with Crippen molar-refractivity contribution in [3.8, 4) is 5.75 Å². The molecule has 1 atom stereocenters. The summed E-state index contributed by atoms with van der Waals surface area (Å²) in [5.41, 5.74) is 2.35. The number of anilines is 1. The molecule has 0 N–H and O–H groups in total. The Balaban J connectivity index is 1.88. The van der Waals surface area contributed by atoms with Crippen molar-refractivity contribution in [2.45, 2.75) is 33.0 Å². The lowest BCUT2D eigenvalue weighted by atomic mass is 9.81. The van der Waals surface area contributed by atoms with Gasteiger partial charge >= 0.3 is 6.18 Å². The molecule has 162 valence electrons. The van der Waals surface area contributed by atoms with Gasteiger partial charge in [-0.25, -0.2) is 0 Å². The Morgan fingerprint density at radius 1 is 1.03 bits per heavy atom. The van der Waals surface area contributed by atoms with Crippen LogP contribution in [0.25, 0.3) is 0 Å². The molecule has 0 aromatic heterocycles. The molecule has 0 saturated carbocycles. The lowest BCUT2D eigenvalue weighted by Crippen LogP contribution is -2.34. The second-order valence-electron chi connectivity index (χ2n) is 8.67. The van der Waals surface area contributed by atoms with Crippen LogP contribution in [0.2, 0.25) is 0 Å². The summed E-state index contributed by atoms with van der Waals surface area (Å²) in [5, 5.41) is 0. The van der Waals surface area contributed by atoms with E-state index in [9.17, 15) is 18.0 Å². The molecule has 1 unspecified atom stereocenters. The summed E-state index contributed by atoms with van der Waals surface area (Å²) in [6, 6.07) is 11.6. The van der Waals surface area contributed by atoms with Gasteiger partial charge in [-0.1, -0.05) is 39.0 Å². The van der Waals surface area contributed by atoms with E-state index in [0.717, 1.165) is 29.0 Å². The summed E-state index contributed by atoms with van der Waals surface area (Å²) in [4.78, 5) is 19.7. The van der Waals surface area contributed by atoms with Gasteiger partial charge in [-0.15, -0.1) is 0 Å². The first-order chi connectivity index (χ1) is 14.5. The number of hydrogen-bond acceptors (Lipinski definition) is 3. The number of amides is 1. The van der Waals surface area contributed by atoms with Gasteiger partial charge in [-0.2, -0.15) is 13.2 Å². The van der Waals surface area contributed by atoms with Crippen LogP contribution >= 0.6 is 0 Å². The molecule has 31 heavy (non-hydrogen) atoms. The number of rotatable bonds is 3. The Hall–Kier alpha value is -3.09. The molecular weight excluding hydrogens is 405 g/mol. The van der Waals surface area contributed by atoms with Crippen molar-refractivity contribution in [3.05, 3.63) is 70.8 Å². The molecule has 0 saturated heterocycles. The van der Waals surface area contributed by atoms with Crippen molar-refractivity contribution < 1.29 is 22.7 Å². The molecule has 1 amide bonds. The normalized spacial score (nSPS) is 19.1. The highest BCUT2D eigenvalue weighted by atomic mass is 19.4. The van der Waals surface area contributed by atoms with E-state index >= 15 is 0 Å². The van der Waals surface area contributed by atoms with E-state index in [1.165, 1.54) is 12.1 Å². The molecule has 0 spiro atoms. The molecule has 7 heteroatoms. The third-order valence-corrected chi connectivity index (χ3v) is 5.60. The molecular formula is C24H23F3N2O2. The predicted octanol–water partition coefficient (Wildman–Crippen LogP) is 5.60. The van der Waals surface area contributed by atoms with Gasteiger partial charge in [0.1, 0.15) is 5.75 Å². The SMILES string of the molecule is COc1ccccc1C1C2=C(CN=C2C(C)(C)C)C(=O)N1c1ccc(C(F)(F)F)cc1. The van der Waals surface area contributed by atoms with E-state index < -0.39 is 17.8 Å². The zero-order valence-electron chi connectivity index (χ0n) is 17.7. The molecule has 0 fully saturated rings. The van der Waals surface area contributed by atoms with Gasteiger partial charge in [0.05, 0.1) is 25.3 Å². The van der Waals surface area contributed by atoms with Crippen molar-refractivity contribution in [2.75, 3.05) is 18.6 Å². The van der Waals surface area contributed by atoms with Crippen LogP contribution in [0, 0.1) is 5.41 Å². The zero-order valence-corrected chi connectivity index (χ0v) is 17.7. The maximum absolute atomic E-state index is 13.5. The lowest BCUT2D eigenvalue weighted by Gasteiger charge is -2.32. The van der Waals surface area contributed by atoms with Crippen LogP contribution in [0.5, 0.6) is 5.75 Å². The van der Waals surface area contributed by atoms with Crippen molar-refractivity contribution in [1.82, 2.24) is 0 Å². The van der Waals surface area contributed by atoms with E-state index in [1.54, 1.807) is 12.0 Å². The average molecular weight is 428 g/mol. The number of ether oxygens (including phenoxy) is 1. The molecule has 0 radical (unpaired) electrons. The minimum absolute atomic E-state index is 0.242. The number of carbonyl (C=O) groups is 1. The fraction of sp³-hybridized carbons (Fsp3) is 0.333. The van der Waals surface area contributed by atoms with Gasteiger partial charge in [0.2, 0.25) is 0 Å². The van der Waals surface area contributed by atoms with E-state index in [-0.39, 0.29) is 17.9 Å². The smallest absolute Gasteiger partial charge is 0.416 e. The molecule has 2 aliphatic heterocycles. The first-order valence-electron chi connectivity index (χ1n) is 9.96. The number of hydrogen-bond donors (Lipinski definition) is 0. The molecule has 2 heterocycles. The Morgan fingerprint density at radius 3 is 2.26 bits per heavy atom. The zero-order chi connectivity index (χ0) is 22.6. The Labute approximate surface area is 179 Å². The molecule has 0 bridgehead atoms. The minimum atomic E-state index is -4.44. The number of benzene rings is 2. The topological polar surface area (TPSA) is 41.9 Å². The van der Waals surface area contributed by atoms with Crippen molar-refractivity contribution in [3.63, 3.8) is 0 Å². The van der Waals surface area contributed by atoms with E-state index in [4.69, 9.17) is 4.74 Å². The highest BCUT2D eigenvalue weighted by Gasteiger charge is 2.48. The molecule has 4 nitrogen and oxygen atoms in total. The van der Waals surface area contributed by atoms with Crippen LogP contribution in [0.3, 0.4) is 0 Å². The number of alkyl halides is 3. The van der Waals surface area contributed by atoms with Gasteiger partial charge in [0, 0.05) is 33.5 Å². The molecule has 2 aliphatic rings. The third-order valence-electron chi connectivity index (χ3n) is 5.60. The largest absolute Gasteiger partial charge is 0.496 e. The summed E-state index contributed by atoms with van der Waals surface area (Å²) >= 11 is 0. The van der Waals surface area contributed by atoms with Gasteiger partial charge in [0.25, 0.3) is 5.91 Å². The van der Waals surface area contributed by atoms with Gasteiger partial charge in [-0.3, -0.25) is 14.7 Å². The van der Waals surface area contributed by atoms with Gasteiger partial charge in [-0.05, 0) is 30.3 Å². The van der Waals surface area contributed by atoms with Gasteiger partial charge < -0.3 is 4.74 Å². The van der Waals surface area contributed by atoms with E-state index in [2.05, 4.69) is 4.99 Å². The minimum Gasteiger partial charge on any atom is -0.496 e. The van der Waals surface area contributed by atoms with Crippen LogP contribution in [0.4, 0.5) is 18.9 Å². The number of methoxy groups -OCH3 is 1. The number of aliphatic imine (C=N–C) groups is 1. The number of halogens is 3. The quantitative estimate of drug-likeness (QED) is 0.639. The summed E-state index contributed by atoms with van der Waals surface area (Å²) < 4.78 is 44.8. The lowest BCUT2D eigenvalue weighted by molar-refractivity contribution is -0.137. The third kappa shape index (κ3) is 3.52. The summed E-state index contributed by atoms with van der Waals surface area (Å²) in [6.45, 7) is 6.37. The number of para-hydroxylation sites is 1. The Bertz CT molecular complexity index is 1090. The number of carbonyl (C=O) groups excluding carboxylic acids is 1. The van der Waals surface area contributed by atoms with Crippen LogP contribution in [-0.4, -0.2) is 25.3 Å². The Kier molecular flexibility index (Phi) is 4.95. The maximum Gasteiger partial charge on any atom is 0.416 e. The number of nitrogens with zero attached hydrogens (tertiary/aromatic N) is 2. The van der Waals surface area contributed by atoms with Crippen molar-refractivity contribution in [1.29, 1.82) is 0 Å². The second-order valence-corrected chi connectivity index (χ2v) is 8.67. The summed E-state index contributed by atoms with van der Waals surface area (Å²) in [7, 11) is 1.56. The fourth-order valence-electron chi connectivity index (χ4n) is 4.25. The van der Waals surface area contributed by atoms with Crippen LogP contribution < -0.4 is 9.64 Å². The second kappa shape index (κ2) is 7.25. The standard InChI is InChI=1S/C24H23F3N2O2/c1-23(2,3)21-19-17(13-28-21)22(30)29(15-11-9-14(10-12-15)24(25,26)27)20(19)16-7-5-6-8-18(16)31-4/h5-12,20H,13H2,1-4H3. The van der Waals surface area contributed by atoms with Crippen LogP contribution in [0.1, 0.15) is 37.9 Å².